The van der Waals surface area contributed by atoms with Crippen molar-refractivity contribution in [2.75, 3.05) is 0 Å². The van der Waals surface area contributed by atoms with Crippen molar-refractivity contribution in [3.63, 3.8) is 0 Å². The molecule has 0 saturated carbocycles. The van der Waals surface area contributed by atoms with Gasteiger partial charge in [-0.05, 0) is 25.5 Å². The zero-order valence-electron chi connectivity index (χ0n) is 8.95. The van der Waals surface area contributed by atoms with E-state index in [1.54, 1.807) is 6.07 Å². The number of benzene rings is 1. The lowest BCUT2D eigenvalue weighted by Gasteiger charge is -2.10. The zero-order valence-corrected chi connectivity index (χ0v) is 8.95. The first-order valence-corrected chi connectivity index (χ1v) is 4.72. The molecule has 0 aliphatic heterocycles. The Morgan fingerprint density at radius 3 is 2.62 bits per heavy atom. The number of nitrogens with one attached hydrogen (secondary N) is 1. The highest BCUT2D eigenvalue weighted by Gasteiger charge is 2.18. The van der Waals surface area contributed by atoms with Gasteiger partial charge in [0.15, 0.2) is 0 Å². The van der Waals surface area contributed by atoms with Crippen LogP contribution in [0.25, 0.3) is 0 Å². The number of carboxylic acids is 1. The van der Waals surface area contributed by atoms with Crippen LogP contribution in [0.5, 0.6) is 0 Å². The molecule has 4 nitrogen and oxygen atoms in total. The van der Waals surface area contributed by atoms with Crippen molar-refractivity contribution in [1.29, 1.82) is 0 Å². The van der Waals surface area contributed by atoms with Crippen molar-refractivity contribution in [3.05, 3.63) is 35.1 Å². The standard InChI is InChI=1S/C11H12FNO3/c1-6-4-3-5-8(9(6)12)10(14)13-7(2)11(15)16/h3-5,7H,1-2H3,(H,13,14)(H,15,16). The Morgan fingerprint density at radius 1 is 1.44 bits per heavy atom. The number of carboxylic acid groups (broad SMARTS) is 1. The Morgan fingerprint density at radius 2 is 2.06 bits per heavy atom. The van der Waals surface area contributed by atoms with E-state index in [4.69, 9.17) is 5.11 Å². The summed E-state index contributed by atoms with van der Waals surface area (Å²) in [5, 5.41) is 10.8. The van der Waals surface area contributed by atoms with Gasteiger partial charge in [-0.3, -0.25) is 9.59 Å². The van der Waals surface area contributed by atoms with Crippen LogP contribution in [0, 0.1) is 12.7 Å². The molecule has 0 heterocycles. The molecule has 5 heteroatoms. The summed E-state index contributed by atoms with van der Waals surface area (Å²) in [5.41, 5.74) is 0.198. The highest BCUT2D eigenvalue weighted by molar-refractivity contribution is 5.96. The van der Waals surface area contributed by atoms with Gasteiger partial charge in [0.2, 0.25) is 0 Å². The van der Waals surface area contributed by atoms with Gasteiger partial charge in [-0.25, -0.2) is 4.39 Å². The SMILES string of the molecule is Cc1cccc(C(=O)NC(C)C(=O)O)c1F. The van der Waals surface area contributed by atoms with Crippen LogP contribution in [0.3, 0.4) is 0 Å². The van der Waals surface area contributed by atoms with Crippen LogP contribution in [-0.2, 0) is 4.79 Å². The van der Waals surface area contributed by atoms with Gasteiger partial charge in [0.1, 0.15) is 11.9 Å². The van der Waals surface area contributed by atoms with Crippen LogP contribution in [0.4, 0.5) is 4.39 Å². The minimum atomic E-state index is -1.17. The first kappa shape index (κ1) is 12.2. The molecule has 1 atom stereocenters. The summed E-state index contributed by atoms with van der Waals surface area (Å²) in [6.07, 6.45) is 0. The van der Waals surface area contributed by atoms with Gasteiger partial charge in [0.25, 0.3) is 5.91 Å². The van der Waals surface area contributed by atoms with E-state index in [0.29, 0.717) is 5.56 Å². The van der Waals surface area contributed by atoms with Gasteiger partial charge >= 0.3 is 5.97 Å². The van der Waals surface area contributed by atoms with Crippen LogP contribution >= 0.6 is 0 Å². The third kappa shape index (κ3) is 2.56. The quantitative estimate of drug-likeness (QED) is 0.815. The predicted octanol–water partition coefficient (Wildman–Crippen LogP) is 1.34. The first-order valence-electron chi connectivity index (χ1n) is 4.72. The maximum absolute atomic E-state index is 13.5. The molecule has 0 radical (unpaired) electrons. The molecule has 1 aromatic carbocycles. The smallest absolute Gasteiger partial charge is 0.325 e. The molecule has 2 N–H and O–H groups in total. The summed E-state index contributed by atoms with van der Waals surface area (Å²) in [6.45, 7) is 2.85. The third-order valence-electron chi connectivity index (χ3n) is 2.15. The first-order chi connectivity index (χ1) is 7.43. The normalized spacial score (nSPS) is 11.9. The van der Waals surface area contributed by atoms with E-state index in [9.17, 15) is 14.0 Å². The Balaban J connectivity index is 2.89. The molecule has 1 rings (SSSR count). The fourth-order valence-electron chi connectivity index (χ4n) is 1.16. The van der Waals surface area contributed by atoms with Gasteiger partial charge in [-0.1, -0.05) is 12.1 Å². The van der Waals surface area contributed by atoms with Crippen LogP contribution in [0.1, 0.15) is 22.8 Å². The fourth-order valence-corrected chi connectivity index (χ4v) is 1.16. The van der Waals surface area contributed by atoms with Crippen LogP contribution in [-0.4, -0.2) is 23.0 Å². The van der Waals surface area contributed by atoms with Crippen molar-refractivity contribution in [2.45, 2.75) is 19.9 Å². The predicted molar refractivity (Wildman–Crippen MR) is 55.7 cm³/mol. The van der Waals surface area contributed by atoms with E-state index < -0.39 is 23.7 Å². The molecule has 0 fully saturated rings. The van der Waals surface area contributed by atoms with E-state index in [-0.39, 0.29) is 5.56 Å². The number of carbonyl (C=O) groups is 2. The lowest BCUT2D eigenvalue weighted by Crippen LogP contribution is -2.38. The maximum Gasteiger partial charge on any atom is 0.325 e. The Labute approximate surface area is 92.1 Å². The highest BCUT2D eigenvalue weighted by atomic mass is 19.1. The van der Waals surface area contributed by atoms with Gasteiger partial charge in [0, 0.05) is 0 Å². The molecule has 86 valence electrons. The van der Waals surface area contributed by atoms with Crippen LogP contribution < -0.4 is 5.32 Å². The van der Waals surface area contributed by atoms with E-state index in [1.807, 2.05) is 0 Å². The number of hydrogen-bond donors (Lipinski definition) is 2. The second kappa shape index (κ2) is 4.74. The van der Waals surface area contributed by atoms with E-state index in [0.717, 1.165) is 0 Å². The van der Waals surface area contributed by atoms with Crippen molar-refractivity contribution in [1.82, 2.24) is 5.32 Å². The maximum atomic E-state index is 13.5. The summed E-state index contributed by atoms with van der Waals surface area (Å²) >= 11 is 0. The fraction of sp³-hybridized carbons (Fsp3) is 0.273. The summed E-state index contributed by atoms with van der Waals surface area (Å²) in [4.78, 5) is 22.0. The number of halogens is 1. The molecule has 0 spiro atoms. The molecule has 0 aliphatic rings. The minimum absolute atomic E-state index is 0.145. The number of amides is 1. The lowest BCUT2D eigenvalue weighted by atomic mass is 10.1. The second-order valence-electron chi connectivity index (χ2n) is 3.47. The number of aryl methyl sites for hydroxylation is 1. The van der Waals surface area contributed by atoms with Crippen molar-refractivity contribution in [2.24, 2.45) is 0 Å². The summed E-state index contributed by atoms with van der Waals surface area (Å²) < 4.78 is 13.5. The van der Waals surface area contributed by atoms with E-state index in [1.165, 1.54) is 26.0 Å². The van der Waals surface area contributed by atoms with E-state index in [2.05, 4.69) is 5.32 Å². The number of hydrogen-bond acceptors (Lipinski definition) is 2. The summed E-state index contributed by atoms with van der Waals surface area (Å²) in [5.74, 6) is -2.52. The molecular weight excluding hydrogens is 213 g/mol. The average Bonchev–Trinajstić information content (AvgIpc) is 2.21. The van der Waals surface area contributed by atoms with Crippen LogP contribution in [0.15, 0.2) is 18.2 Å². The molecule has 16 heavy (non-hydrogen) atoms. The van der Waals surface area contributed by atoms with Crippen molar-refractivity contribution >= 4 is 11.9 Å². The topological polar surface area (TPSA) is 66.4 Å². The summed E-state index contributed by atoms with van der Waals surface area (Å²) in [6, 6.07) is 3.34. The van der Waals surface area contributed by atoms with Gasteiger partial charge in [-0.15, -0.1) is 0 Å². The number of rotatable bonds is 3. The Bertz CT molecular complexity index is 431. The molecule has 1 unspecified atom stereocenters. The highest BCUT2D eigenvalue weighted by Crippen LogP contribution is 2.11. The molecule has 0 bridgehead atoms. The Kier molecular flexibility index (Phi) is 3.60. The largest absolute Gasteiger partial charge is 0.480 e. The summed E-state index contributed by atoms with van der Waals surface area (Å²) in [7, 11) is 0. The molecular formula is C11H12FNO3. The second-order valence-corrected chi connectivity index (χ2v) is 3.47. The van der Waals surface area contributed by atoms with E-state index >= 15 is 0 Å². The number of aliphatic carboxylic acids is 1. The zero-order chi connectivity index (χ0) is 12.3. The minimum Gasteiger partial charge on any atom is -0.480 e. The third-order valence-corrected chi connectivity index (χ3v) is 2.15. The monoisotopic (exact) mass is 225 g/mol. The van der Waals surface area contributed by atoms with Gasteiger partial charge < -0.3 is 10.4 Å². The lowest BCUT2D eigenvalue weighted by molar-refractivity contribution is -0.138. The molecule has 1 amide bonds. The molecule has 0 aromatic heterocycles. The van der Waals surface area contributed by atoms with Crippen molar-refractivity contribution < 1.29 is 19.1 Å². The molecule has 0 aliphatic carbocycles. The average molecular weight is 225 g/mol. The van der Waals surface area contributed by atoms with Gasteiger partial charge in [-0.2, -0.15) is 0 Å². The van der Waals surface area contributed by atoms with Gasteiger partial charge in [0.05, 0.1) is 5.56 Å². The van der Waals surface area contributed by atoms with Crippen LogP contribution in [0.2, 0.25) is 0 Å². The van der Waals surface area contributed by atoms with Crippen molar-refractivity contribution in [3.8, 4) is 0 Å². The molecule has 1 aromatic rings. The molecule has 0 saturated heterocycles. The number of carbonyl (C=O) groups excluding carboxylic acids is 1. The Hall–Kier alpha value is -1.91.